The quantitative estimate of drug-likeness (QED) is 0.0644. The number of likely N-dealkylation sites (tertiary alicyclic amines) is 2. The minimum Gasteiger partial charge on any atom is -0.444 e. The molecule has 2 unspecified atom stereocenters. The van der Waals surface area contributed by atoms with Gasteiger partial charge in [-0.3, -0.25) is 19.7 Å². The zero-order valence-corrected chi connectivity index (χ0v) is 55.1. The van der Waals surface area contributed by atoms with Crippen LogP contribution in [0, 0.1) is 35.3 Å². The normalized spacial score (nSPS) is 16.2. The average molecular weight is 1380 g/mol. The molecule has 3 atom stereocenters. The van der Waals surface area contributed by atoms with E-state index in [0.29, 0.717) is 102 Å². The third-order valence-electron chi connectivity index (χ3n) is 17.1. The maximum Gasteiger partial charge on any atom is 0.410 e. The number of hydrogen-bond donors (Lipinski definition) is 1. The second kappa shape index (κ2) is 29.8. The Kier molecular flexibility index (Phi) is 20.1. The van der Waals surface area contributed by atoms with E-state index in [9.17, 15) is 22.8 Å². The average Bonchev–Trinajstić information content (AvgIpc) is 1.63. The minimum atomic E-state index is -0.826. The van der Waals surface area contributed by atoms with Gasteiger partial charge in [-0.1, -0.05) is 61.2 Å². The van der Waals surface area contributed by atoms with Crippen LogP contribution >= 0.6 is 0 Å². The van der Waals surface area contributed by atoms with Gasteiger partial charge in [-0.05, 0) is 127 Å². The van der Waals surface area contributed by atoms with Gasteiger partial charge in [-0.15, -0.1) is 0 Å². The second-order valence-electron chi connectivity index (χ2n) is 25.2. The van der Waals surface area contributed by atoms with Gasteiger partial charge >= 0.3 is 6.09 Å². The molecule has 15 rings (SSSR count). The van der Waals surface area contributed by atoms with E-state index in [1.54, 1.807) is 76.5 Å². The molecule has 0 aliphatic carbocycles. The molecule has 0 spiro atoms. The van der Waals surface area contributed by atoms with Gasteiger partial charge in [0.1, 0.15) is 39.9 Å². The molecule has 9 aromatic heterocycles. The fourth-order valence-electron chi connectivity index (χ4n) is 12.6. The molecule has 3 fully saturated rings. The predicted molar refractivity (Wildman–Crippen MR) is 363 cm³/mol. The van der Waals surface area contributed by atoms with Crippen LogP contribution in [-0.4, -0.2) is 126 Å². The number of nitrogens with one attached hydrogen (secondary N) is 1. The molecule has 3 aliphatic rings. The number of carbonyl (C=O) groups excluding carboxylic acids is 2. The Morgan fingerprint density at radius 2 is 0.851 bits per heavy atom. The van der Waals surface area contributed by atoms with Crippen LogP contribution < -0.4 is 19.5 Å². The summed E-state index contributed by atoms with van der Waals surface area (Å²) in [5.74, 6) is -2.70. The van der Waals surface area contributed by atoms with Crippen molar-refractivity contribution in [1.29, 1.82) is 0 Å². The van der Waals surface area contributed by atoms with Crippen LogP contribution in [0.2, 0.25) is 0 Å². The number of amides is 2. The first-order valence-corrected chi connectivity index (χ1v) is 32.8. The molecule has 3 aliphatic heterocycles. The van der Waals surface area contributed by atoms with E-state index in [1.807, 2.05) is 51.1 Å². The fraction of sp³-hybridized carbons (Fsp3) is 0.257. The van der Waals surface area contributed by atoms with Crippen molar-refractivity contribution in [2.45, 2.75) is 82.7 Å². The lowest BCUT2D eigenvalue weighted by Gasteiger charge is -2.33. The lowest BCUT2D eigenvalue weighted by molar-refractivity contribution is -0.127. The van der Waals surface area contributed by atoms with Crippen LogP contribution in [0.5, 0.6) is 34.9 Å². The summed E-state index contributed by atoms with van der Waals surface area (Å²) >= 11 is 0. The molecule has 21 nitrogen and oxygen atoms in total. The highest BCUT2D eigenvalue weighted by Crippen LogP contribution is 2.39. The van der Waals surface area contributed by atoms with Gasteiger partial charge in [-0.2, -0.15) is 43.4 Å². The number of para-hydroxylation sites is 3. The number of ether oxygens (including phenoxy) is 4. The first-order chi connectivity index (χ1) is 48.9. The summed E-state index contributed by atoms with van der Waals surface area (Å²) in [6.45, 7) is 12.4. The van der Waals surface area contributed by atoms with E-state index >= 15 is 13.2 Å². The molecule has 3 saturated heterocycles. The van der Waals surface area contributed by atoms with E-state index in [0.717, 1.165) is 44.6 Å². The van der Waals surface area contributed by atoms with Crippen LogP contribution in [0.25, 0.3) is 49.8 Å². The Morgan fingerprint density at radius 3 is 1.21 bits per heavy atom. The third kappa shape index (κ3) is 15.2. The summed E-state index contributed by atoms with van der Waals surface area (Å²) in [6.07, 6.45) is 13.3. The number of benzene rings is 3. The molecule has 1 N–H and O–H groups in total. The zero-order chi connectivity index (χ0) is 70.3. The van der Waals surface area contributed by atoms with E-state index in [-0.39, 0.29) is 69.1 Å². The number of carbonyl (C=O) groups is 2. The number of hydrogen-bond acceptors (Lipinski definition) is 16. The van der Waals surface area contributed by atoms with Crippen molar-refractivity contribution in [2.75, 3.05) is 39.3 Å². The Hall–Kier alpha value is -11.6. The summed E-state index contributed by atoms with van der Waals surface area (Å²) < 4.78 is 116. The van der Waals surface area contributed by atoms with Crippen molar-refractivity contribution in [3.05, 3.63) is 230 Å². The lowest BCUT2D eigenvalue weighted by Crippen LogP contribution is -2.42. The van der Waals surface area contributed by atoms with E-state index < -0.39 is 47.0 Å². The SMILES string of the molecule is C=CC(=O)N1CCC[C@@H](c2nn(-c3ccc(Oc4ccccc4)nc3F)c3cncc(F)c23)C1.CC(C)(C)OC(=O)N1CCCC(c2nn(-c3ccc(Oc4ccccc4)nc3F)c3cncc(F)c23)C1.Fc1nc(Oc2ccccc2)ccc1-n1nc(C2CCCNC2)c2c(F)cncc21. The van der Waals surface area contributed by atoms with E-state index in [4.69, 9.17) is 18.9 Å². The molecule has 2 amide bonds. The summed E-state index contributed by atoms with van der Waals surface area (Å²) in [4.78, 5) is 51.7. The molecule has 0 bridgehead atoms. The highest BCUT2D eigenvalue weighted by molar-refractivity contribution is 5.88. The van der Waals surface area contributed by atoms with Crippen molar-refractivity contribution in [3.8, 4) is 52.0 Å². The third-order valence-corrected chi connectivity index (χ3v) is 17.1. The van der Waals surface area contributed by atoms with Crippen LogP contribution in [0.15, 0.2) is 177 Å². The molecule has 3 aromatic carbocycles. The maximum absolute atomic E-state index is 15.2. The first-order valence-electron chi connectivity index (χ1n) is 32.8. The molecule has 12 heterocycles. The summed E-state index contributed by atoms with van der Waals surface area (Å²) in [7, 11) is 0. The molecule has 0 saturated carbocycles. The molecular formula is C74H67F6N15O6. The smallest absolute Gasteiger partial charge is 0.410 e. The van der Waals surface area contributed by atoms with E-state index in [1.165, 1.54) is 75.2 Å². The number of pyridine rings is 6. The van der Waals surface area contributed by atoms with Gasteiger partial charge in [0.15, 0.2) is 17.5 Å². The highest BCUT2D eigenvalue weighted by Gasteiger charge is 2.34. The van der Waals surface area contributed by atoms with Crippen molar-refractivity contribution >= 4 is 44.7 Å². The van der Waals surface area contributed by atoms with Gasteiger partial charge in [0.2, 0.25) is 41.4 Å². The van der Waals surface area contributed by atoms with Crippen molar-refractivity contribution in [3.63, 3.8) is 0 Å². The maximum atomic E-state index is 15.2. The van der Waals surface area contributed by atoms with Crippen molar-refractivity contribution in [2.24, 2.45) is 0 Å². The molecule has 0 radical (unpaired) electrons. The van der Waals surface area contributed by atoms with Crippen LogP contribution in [0.3, 0.4) is 0 Å². The number of piperidine rings is 3. The Balaban J connectivity index is 0.000000136. The first kappa shape index (κ1) is 67.9. The second-order valence-corrected chi connectivity index (χ2v) is 25.2. The van der Waals surface area contributed by atoms with Crippen molar-refractivity contribution in [1.82, 2.24) is 74.4 Å². The molecule has 101 heavy (non-hydrogen) atoms. The summed E-state index contributed by atoms with van der Waals surface area (Å²) in [6, 6.07) is 35.9. The fourth-order valence-corrected chi connectivity index (χ4v) is 12.6. The monoisotopic (exact) mass is 1380 g/mol. The Labute approximate surface area is 575 Å². The van der Waals surface area contributed by atoms with Crippen LogP contribution in [0.1, 0.15) is 94.1 Å². The van der Waals surface area contributed by atoms with Gasteiger partial charge in [0.05, 0.1) is 87.0 Å². The minimum absolute atomic E-state index is 0.0314. The summed E-state index contributed by atoms with van der Waals surface area (Å²) in [5.41, 5.74) is 2.10. The van der Waals surface area contributed by atoms with Crippen LogP contribution in [-0.2, 0) is 9.53 Å². The Morgan fingerprint density at radius 1 is 0.485 bits per heavy atom. The van der Waals surface area contributed by atoms with Gasteiger partial charge in [0.25, 0.3) is 0 Å². The highest BCUT2D eigenvalue weighted by atomic mass is 19.1. The lowest BCUT2D eigenvalue weighted by atomic mass is 9.93. The zero-order valence-electron chi connectivity index (χ0n) is 55.1. The number of fused-ring (bicyclic) bond motifs is 3. The van der Waals surface area contributed by atoms with Gasteiger partial charge < -0.3 is 34.1 Å². The standard InChI is InChI=1S/C27H27F2N5O3.C25H21F2N5O2.C22H19F2N5O/c1-27(2,3)37-26(35)33-13-7-8-17(16-33)24-23-19(28)14-30-15-21(23)34(32-24)20-11-12-22(31-25(20)29)36-18-9-5-4-6-10-18;1-2-22(33)31-12-6-7-16(15-31)24-23-18(26)13-28-14-20(23)32(30-24)19-10-11-21(29-25(19)27)34-17-8-4-3-5-9-17;23-16-12-26-13-18-20(16)21(14-5-4-10-25-11-14)28-29(18)17-8-9-19(27-22(17)24)30-15-6-2-1-3-7-15/h4-6,9-12,14-15,17H,7-8,13,16H2,1-3H3;2-5,8-11,13-14,16H,1,6-7,12,15H2;1-3,6-9,12-14,25H,4-5,10-11H2/t;16-;/m.1./s1. The molecule has 27 heteroatoms. The largest absolute Gasteiger partial charge is 0.444 e. The molecule has 516 valence electrons. The predicted octanol–water partition coefficient (Wildman–Crippen LogP) is 15.1. The number of halogens is 6. The van der Waals surface area contributed by atoms with Crippen molar-refractivity contribution < 1.29 is 54.9 Å². The number of aromatic nitrogens is 12. The van der Waals surface area contributed by atoms with Crippen LogP contribution in [0.4, 0.5) is 31.1 Å². The molecular weight excluding hydrogens is 1310 g/mol. The van der Waals surface area contributed by atoms with E-state index in [2.05, 4.69) is 57.1 Å². The number of nitrogens with zero attached hydrogens (tertiary/aromatic N) is 14. The summed E-state index contributed by atoms with van der Waals surface area (Å²) in [5, 5.41) is 18.0. The topological polar surface area (TPSA) is 220 Å². The number of rotatable bonds is 13. The van der Waals surface area contributed by atoms with Gasteiger partial charge in [0, 0.05) is 68.7 Å². The van der Waals surface area contributed by atoms with Gasteiger partial charge in [-0.25, -0.2) is 32.0 Å². The Bertz CT molecular complexity index is 4980. The molecule has 12 aromatic rings.